The van der Waals surface area contributed by atoms with Crippen LogP contribution in [0, 0.1) is 13.8 Å². The third-order valence-electron chi connectivity index (χ3n) is 6.14. The molecular weight excluding hydrogens is 370 g/mol. The fourth-order valence-corrected chi connectivity index (χ4v) is 5.83. The molecule has 0 atom stereocenters. The zero-order chi connectivity index (χ0) is 19.9. The van der Waals surface area contributed by atoms with Gasteiger partial charge in [0.1, 0.15) is 5.54 Å². The van der Waals surface area contributed by atoms with Gasteiger partial charge in [-0.05, 0) is 74.8 Å². The van der Waals surface area contributed by atoms with E-state index in [9.17, 15) is 9.59 Å². The molecule has 2 aliphatic rings. The van der Waals surface area contributed by atoms with Crippen molar-refractivity contribution >= 4 is 23.2 Å². The predicted molar refractivity (Wildman–Crippen MR) is 111 cm³/mol. The molecule has 28 heavy (non-hydrogen) atoms. The lowest BCUT2D eigenvalue weighted by Gasteiger charge is -2.29. The van der Waals surface area contributed by atoms with Gasteiger partial charge in [0.15, 0.2) is 0 Å². The highest BCUT2D eigenvalue weighted by molar-refractivity contribution is 7.12. The SMILES string of the molecule is CCOC(=O)C1(NC(=O)c2cccc3c2CCCC3)Cc2c(C)sc(C)c2C1. The lowest BCUT2D eigenvalue weighted by molar-refractivity contribution is -0.150. The highest BCUT2D eigenvalue weighted by atomic mass is 32.1. The number of rotatable bonds is 4. The Kier molecular flexibility index (Phi) is 5.04. The molecule has 0 saturated carbocycles. The molecule has 0 unspecified atom stereocenters. The molecule has 0 bridgehead atoms. The number of carbonyl (C=O) groups excluding carboxylic acids is 2. The van der Waals surface area contributed by atoms with Crippen molar-refractivity contribution in [2.45, 2.75) is 64.8 Å². The normalized spacial score (nSPS) is 17.0. The standard InChI is InChI=1S/C23H27NO3S/c1-4-27-22(26)23(12-19-14(2)28-15(3)20(19)13-23)24-21(25)18-11-7-9-16-8-5-6-10-17(16)18/h7,9,11H,4-6,8,10,12-13H2,1-3H3,(H,24,25). The minimum absolute atomic E-state index is 0.157. The van der Waals surface area contributed by atoms with E-state index in [0.717, 1.165) is 24.8 Å². The van der Waals surface area contributed by atoms with Crippen molar-refractivity contribution in [2.75, 3.05) is 6.61 Å². The second-order valence-electron chi connectivity index (χ2n) is 7.93. The van der Waals surface area contributed by atoms with Gasteiger partial charge in [0.25, 0.3) is 5.91 Å². The summed E-state index contributed by atoms with van der Waals surface area (Å²) in [6.45, 7) is 6.30. The molecular formula is C23H27NO3S. The Bertz CT molecular complexity index is 917. The quantitative estimate of drug-likeness (QED) is 0.791. The van der Waals surface area contributed by atoms with E-state index in [-0.39, 0.29) is 11.9 Å². The van der Waals surface area contributed by atoms with Gasteiger partial charge >= 0.3 is 5.97 Å². The van der Waals surface area contributed by atoms with Crippen molar-refractivity contribution in [3.05, 3.63) is 55.8 Å². The number of aryl methyl sites for hydroxylation is 3. The van der Waals surface area contributed by atoms with Crippen molar-refractivity contribution in [1.29, 1.82) is 0 Å². The molecule has 0 fully saturated rings. The van der Waals surface area contributed by atoms with Gasteiger partial charge < -0.3 is 10.1 Å². The Morgan fingerprint density at radius 2 is 1.75 bits per heavy atom. The van der Waals surface area contributed by atoms with E-state index in [1.54, 1.807) is 11.3 Å². The topological polar surface area (TPSA) is 55.4 Å². The summed E-state index contributed by atoms with van der Waals surface area (Å²) in [4.78, 5) is 28.7. The molecule has 0 radical (unpaired) electrons. The second-order valence-corrected chi connectivity index (χ2v) is 9.36. The third kappa shape index (κ3) is 3.16. The average Bonchev–Trinajstić information content (AvgIpc) is 3.19. The number of carbonyl (C=O) groups is 2. The number of amides is 1. The monoisotopic (exact) mass is 397 g/mol. The summed E-state index contributed by atoms with van der Waals surface area (Å²) in [5.74, 6) is -0.482. The van der Waals surface area contributed by atoms with Gasteiger partial charge in [0.05, 0.1) is 6.61 Å². The average molecular weight is 398 g/mol. The number of nitrogens with one attached hydrogen (secondary N) is 1. The highest BCUT2D eigenvalue weighted by Gasteiger charge is 2.48. The lowest BCUT2D eigenvalue weighted by Crippen LogP contribution is -2.56. The summed E-state index contributed by atoms with van der Waals surface area (Å²) in [5.41, 5.74) is 4.52. The van der Waals surface area contributed by atoms with Crippen molar-refractivity contribution in [3.8, 4) is 0 Å². The minimum atomic E-state index is -1.00. The Labute approximate surface area is 170 Å². The molecule has 4 nitrogen and oxygen atoms in total. The van der Waals surface area contributed by atoms with Gasteiger partial charge in [-0.1, -0.05) is 12.1 Å². The number of thiophene rings is 1. The van der Waals surface area contributed by atoms with Crippen LogP contribution in [0.15, 0.2) is 18.2 Å². The minimum Gasteiger partial charge on any atom is -0.464 e. The maximum atomic E-state index is 13.3. The summed E-state index contributed by atoms with van der Waals surface area (Å²) < 4.78 is 5.41. The molecule has 1 heterocycles. The number of fused-ring (bicyclic) bond motifs is 2. The molecule has 2 aromatic rings. The predicted octanol–water partition coefficient (Wildman–Crippen LogP) is 4.07. The smallest absolute Gasteiger partial charge is 0.332 e. The van der Waals surface area contributed by atoms with Crippen LogP contribution in [0.1, 0.15) is 62.1 Å². The van der Waals surface area contributed by atoms with Crippen LogP contribution in [0.25, 0.3) is 0 Å². The summed E-state index contributed by atoms with van der Waals surface area (Å²) in [5, 5.41) is 3.12. The van der Waals surface area contributed by atoms with E-state index in [2.05, 4.69) is 25.2 Å². The van der Waals surface area contributed by atoms with E-state index in [4.69, 9.17) is 4.74 Å². The van der Waals surface area contributed by atoms with E-state index < -0.39 is 5.54 Å². The van der Waals surface area contributed by atoms with Gasteiger partial charge in [-0.15, -0.1) is 11.3 Å². The largest absolute Gasteiger partial charge is 0.464 e. The Morgan fingerprint density at radius 3 is 2.43 bits per heavy atom. The van der Waals surface area contributed by atoms with Crippen LogP contribution in [0.4, 0.5) is 0 Å². The molecule has 5 heteroatoms. The van der Waals surface area contributed by atoms with E-state index >= 15 is 0 Å². The zero-order valence-electron chi connectivity index (χ0n) is 16.8. The Hall–Kier alpha value is -2.14. The molecule has 0 aliphatic heterocycles. The van der Waals surface area contributed by atoms with Gasteiger partial charge in [-0.2, -0.15) is 0 Å². The van der Waals surface area contributed by atoms with E-state index in [1.165, 1.54) is 32.9 Å². The molecule has 148 valence electrons. The first kappa shape index (κ1) is 19.2. The van der Waals surface area contributed by atoms with Crippen molar-refractivity contribution in [2.24, 2.45) is 0 Å². The van der Waals surface area contributed by atoms with E-state index in [0.29, 0.717) is 25.0 Å². The molecule has 2 aliphatic carbocycles. The zero-order valence-corrected chi connectivity index (χ0v) is 17.6. The van der Waals surface area contributed by atoms with Crippen LogP contribution in [0.5, 0.6) is 0 Å². The summed E-state index contributed by atoms with van der Waals surface area (Å²) in [6.07, 6.45) is 5.25. The molecule has 1 aromatic carbocycles. The van der Waals surface area contributed by atoms with Crippen molar-refractivity contribution in [1.82, 2.24) is 5.32 Å². The number of ether oxygens (including phenoxy) is 1. The molecule has 1 aromatic heterocycles. The first-order valence-corrected chi connectivity index (χ1v) is 10.9. The van der Waals surface area contributed by atoms with Gasteiger partial charge in [-0.3, -0.25) is 4.79 Å². The first-order valence-electron chi connectivity index (χ1n) is 10.1. The van der Waals surface area contributed by atoms with Crippen LogP contribution in [0.3, 0.4) is 0 Å². The number of hydrogen-bond acceptors (Lipinski definition) is 4. The maximum Gasteiger partial charge on any atom is 0.332 e. The summed E-state index contributed by atoms with van der Waals surface area (Å²) >= 11 is 1.77. The fourth-order valence-electron chi connectivity index (χ4n) is 4.74. The van der Waals surface area contributed by atoms with E-state index in [1.807, 2.05) is 19.1 Å². The maximum absolute atomic E-state index is 13.3. The second kappa shape index (κ2) is 7.36. The molecule has 0 spiro atoms. The number of esters is 1. The Balaban J connectivity index is 1.67. The van der Waals surface area contributed by atoms with Crippen LogP contribution in [-0.2, 0) is 35.2 Å². The Morgan fingerprint density at radius 1 is 1.07 bits per heavy atom. The van der Waals surface area contributed by atoms with Crippen LogP contribution < -0.4 is 5.32 Å². The lowest BCUT2D eigenvalue weighted by atomic mass is 9.87. The number of hydrogen-bond donors (Lipinski definition) is 1. The number of benzene rings is 1. The third-order valence-corrected chi connectivity index (χ3v) is 7.24. The molecule has 1 amide bonds. The highest BCUT2D eigenvalue weighted by Crippen LogP contribution is 2.40. The van der Waals surface area contributed by atoms with Gasteiger partial charge in [0.2, 0.25) is 0 Å². The summed E-state index contributed by atoms with van der Waals surface area (Å²) in [6, 6.07) is 5.96. The molecule has 0 saturated heterocycles. The van der Waals surface area contributed by atoms with Crippen LogP contribution >= 0.6 is 11.3 Å². The van der Waals surface area contributed by atoms with Gasteiger partial charge in [0, 0.05) is 28.2 Å². The van der Waals surface area contributed by atoms with Gasteiger partial charge in [-0.25, -0.2) is 4.79 Å². The van der Waals surface area contributed by atoms with Crippen LogP contribution in [0.2, 0.25) is 0 Å². The van der Waals surface area contributed by atoms with Crippen LogP contribution in [-0.4, -0.2) is 24.0 Å². The first-order chi connectivity index (χ1) is 13.4. The molecule has 1 N–H and O–H groups in total. The van der Waals surface area contributed by atoms with Crippen molar-refractivity contribution < 1.29 is 14.3 Å². The fraction of sp³-hybridized carbons (Fsp3) is 0.478. The van der Waals surface area contributed by atoms with Crippen molar-refractivity contribution in [3.63, 3.8) is 0 Å². The summed E-state index contributed by atoms with van der Waals surface area (Å²) in [7, 11) is 0. The molecule has 4 rings (SSSR count).